The molecule has 1 heterocycles. The van der Waals surface area contributed by atoms with E-state index in [0.29, 0.717) is 0 Å². The van der Waals surface area contributed by atoms with Gasteiger partial charge in [-0.1, -0.05) is 6.07 Å². The molecule has 0 spiro atoms. The first-order chi connectivity index (χ1) is 6.18. The number of epoxide rings is 1. The lowest BCUT2D eigenvalue weighted by atomic mass is 10.0. The van der Waals surface area contributed by atoms with Crippen LogP contribution in [0, 0.1) is 11.6 Å². The average Bonchev–Trinajstić information content (AvgIpc) is 2.85. The molecule has 13 heavy (non-hydrogen) atoms. The molecule has 0 amide bonds. The Labute approximate surface area is 73.8 Å². The molecule has 0 aromatic heterocycles. The zero-order valence-electron chi connectivity index (χ0n) is 6.76. The van der Waals surface area contributed by atoms with Crippen molar-refractivity contribution in [1.82, 2.24) is 0 Å². The Hall–Kier alpha value is -1.00. The average molecular weight is 186 g/mol. The number of benzene rings is 1. The zero-order valence-corrected chi connectivity index (χ0v) is 6.76. The van der Waals surface area contributed by atoms with Gasteiger partial charge in [0.25, 0.3) is 0 Å². The molecule has 1 aromatic carbocycles. The van der Waals surface area contributed by atoms with E-state index < -0.39 is 17.2 Å². The Balaban J connectivity index is 2.41. The molecule has 1 unspecified atom stereocenters. The molecular formula is C9H8F2O2. The summed E-state index contributed by atoms with van der Waals surface area (Å²) in [6.07, 6.45) is 0. The highest BCUT2D eigenvalue weighted by Crippen LogP contribution is 2.39. The summed E-state index contributed by atoms with van der Waals surface area (Å²) in [7, 11) is 0. The summed E-state index contributed by atoms with van der Waals surface area (Å²) < 4.78 is 30.6. The van der Waals surface area contributed by atoms with Crippen LogP contribution in [0.3, 0.4) is 0 Å². The minimum absolute atomic E-state index is 0.219. The standard InChI is InChI=1S/C9H8F2O2/c10-6-1-2-7(8(11)3-6)9(4-12)5-13-9/h1-3,12H,4-5H2. The van der Waals surface area contributed by atoms with Crippen molar-refractivity contribution in [2.75, 3.05) is 13.2 Å². The molecule has 2 nitrogen and oxygen atoms in total. The van der Waals surface area contributed by atoms with Crippen molar-refractivity contribution in [3.8, 4) is 0 Å². The van der Waals surface area contributed by atoms with Crippen LogP contribution in [0.2, 0.25) is 0 Å². The van der Waals surface area contributed by atoms with Crippen LogP contribution in [-0.4, -0.2) is 18.3 Å². The lowest BCUT2D eigenvalue weighted by Gasteiger charge is -2.09. The van der Waals surface area contributed by atoms with E-state index in [-0.39, 0.29) is 18.8 Å². The maximum Gasteiger partial charge on any atom is 0.142 e. The summed E-state index contributed by atoms with van der Waals surface area (Å²) in [5.74, 6) is -1.30. The maximum absolute atomic E-state index is 13.1. The van der Waals surface area contributed by atoms with E-state index in [1.54, 1.807) is 0 Å². The van der Waals surface area contributed by atoms with Gasteiger partial charge in [-0.15, -0.1) is 0 Å². The van der Waals surface area contributed by atoms with Gasteiger partial charge in [-0.05, 0) is 6.07 Å². The van der Waals surface area contributed by atoms with Crippen LogP contribution in [0.4, 0.5) is 8.78 Å². The largest absolute Gasteiger partial charge is 0.393 e. The summed E-state index contributed by atoms with van der Waals surface area (Å²) in [6.45, 7) is 0.00159. The molecule has 1 aliphatic rings. The van der Waals surface area contributed by atoms with Gasteiger partial charge in [-0.2, -0.15) is 0 Å². The second-order valence-electron chi connectivity index (χ2n) is 3.07. The number of aliphatic hydroxyl groups excluding tert-OH is 1. The van der Waals surface area contributed by atoms with Crippen molar-refractivity contribution in [3.63, 3.8) is 0 Å². The van der Waals surface area contributed by atoms with Crippen LogP contribution >= 0.6 is 0 Å². The van der Waals surface area contributed by atoms with Gasteiger partial charge in [-0.25, -0.2) is 8.78 Å². The summed E-state index contributed by atoms with van der Waals surface area (Å²) in [5, 5.41) is 8.92. The van der Waals surface area contributed by atoms with E-state index in [1.165, 1.54) is 6.07 Å². The Morgan fingerprint density at radius 1 is 1.46 bits per heavy atom. The topological polar surface area (TPSA) is 32.8 Å². The van der Waals surface area contributed by atoms with E-state index in [4.69, 9.17) is 9.84 Å². The number of halogens is 2. The highest BCUT2D eigenvalue weighted by atomic mass is 19.1. The molecule has 1 N–H and O–H groups in total. The predicted molar refractivity (Wildman–Crippen MR) is 41.1 cm³/mol. The van der Waals surface area contributed by atoms with E-state index in [0.717, 1.165) is 12.1 Å². The number of hydrogen-bond acceptors (Lipinski definition) is 2. The van der Waals surface area contributed by atoms with E-state index >= 15 is 0 Å². The van der Waals surface area contributed by atoms with Crippen molar-refractivity contribution in [3.05, 3.63) is 35.4 Å². The SMILES string of the molecule is OCC1(c2ccc(F)cc2F)CO1. The minimum Gasteiger partial charge on any atom is -0.393 e. The zero-order chi connectivity index (χ0) is 9.47. The molecule has 1 fully saturated rings. The van der Waals surface area contributed by atoms with Crippen molar-refractivity contribution < 1.29 is 18.6 Å². The first kappa shape index (κ1) is 8.59. The lowest BCUT2D eigenvalue weighted by molar-refractivity contribution is 0.169. The molecule has 0 saturated carbocycles. The summed E-state index contributed by atoms with van der Waals surface area (Å²) in [4.78, 5) is 0. The molecule has 2 rings (SSSR count). The van der Waals surface area contributed by atoms with Crippen molar-refractivity contribution in [1.29, 1.82) is 0 Å². The van der Waals surface area contributed by atoms with Gasteiger partial charge in [0.2, 0.25) is 0 Å². The molecule has 0 aliphatic carbocycles. The van der Waals surface area contributed by atoms with Crippen LogP contribution in [-0.2, 0) is 10.3 Å². The first-order valence-corrected chi connectivity index (χ1v) is 3.88. The lowest BCUT2D eigenvalue weighted by Crippen LogP contribution is -2.16. The molecule has 1 aromatic rings. The van der Waals surface area contributed by atoms with E-state index in [9.17, 15) is 8.78 Å². The van der Waals surface area contributed by atoms with Crippen LogP contribution in [0.5, 0.6) is 0 Å². The molecule has 70 valence electrons. The van der Waals surface area contributed by atoms with Crippen molar-refractivity contribution in [2.45, 2.75) is 5.60 Å². The second-order valence-corrected chi connectivity index (χ2v) is 3.07. The van der Waals surface area contributed by atoms with E-state index in [2.05, 4.69) is 0 Å². The maximum atomic E-state index is 13.1. The van der Waals surface area contributed by atoms with E-state index in [1.807, 2.05) is 0 Å². The number of ether oxygens (including phenoxy) is 1. The molecule has 1 atom stereocenters. The first-order valence-electron chi connectivity index (χ1n) is 3.88. The highest BCUT2D eigenvalue weighted by molar-refractivity contribution is 5.29. The van der Waals surface area contributed by atoms with Crippen LogP contribution in [0.15, 0.2) is 18.2 Å². The van der Waals surface area contributed by atoms with Gasteiger partial charge in [-0.3, -0.25) is 0 Å². The van der Waals surface area contributed by atoms with Crippen LogP contribution in [0.1, 0.15) is 5.56 Å². The quantitative estimate of drug-likeness (QED) is 0.703. The number of hydrogen-bond donors (Lipinski definition) is 1. The van der Waals surface area contributed by atoms with Gasteiger partial charge >= 0.3 is 0 Å². The Morgan fingerprint density at radius 3 is 2.62 bits per heavy atom. The second kappa shape index (κ2) is 2.75. The Bertz CT molecular complexity index is 334. The number of rotatable bonds is 2. The molecular weight excluding hydrogens is 178 g/mol. The molecule has 1 saturated heterocycles. The van der Waals surface area contributed by atoms with Gasteiger partial charge in [0, 0.05) is 11.6 Å². The van der Waals surface area contributed by atoms with Gasteiger partial charge in [0.15, 0.2) is 0 Å². The van der Waals surface area contributed by atoms with Crippen LogP contribution in [0.25, 0.3) is 0 Å². The fraction of sp³-hybridized carbons (Fsp3) is 0.333. The molecule has 0 bridgehead atoms. The summed E-state index contributed by atoms with van der Waals surface area (Å²) in [6, 6.07) is 3.24. The number of aliphatic hydroxyl groups is 1. The molecule has 0 radical (unpaired) electrons. The third-order valence-corrected chi connectivity index (χ3v) is 2.17. The van der Waals surface area contributed by atoms with Crippen LogP contribution < -0.4 is 0 Å². The summed E-state index contributed by atoms with van der Waals surface area (Å²) in [5.41, 5.74) is -0.700. The van der Waals surface area contributed by atoms with Gasteiger partial charge in [0.05, 0.1) is 13.2 Å². The minimum atomic E-state index is -0.919. The summed E-state index contributed by atoms with van der Waals surface area (Å²) >= 11 is 0. The molecule has 4 heteroatoms. The third-order valence-electron chi connectivity index (χ3n) is 2.17. The monoisotopic (exact) mass is 186 g/mol. The van der Waals surface area contributed by atoms with Crippen molar-refractivity contribution >= 4 is 0 Å². The predicted octanol–water partition coefficient (Wildman–Crippen LogP) is 1.18. The van der Waals surface area contributed by atoms with Gasteiger partial charge in [0.1, 0.15) is 17.2 Å². The fourth-order valence-corrected chi connectivity index (χ4v) is 1.28. The van der Waals surface area contributed by atoms with Crippen molar-refractivity contribution in [2.24, 2.45) is 0 Å². The Morgan fingerprint density at radius 2 is 2.15 bits per heavy atom. The Kier molecular flexibility index (Phi) is 1.82. The molecule has 1 aliphatic heterocycles. The smallest absolute Gasteiger partial charge is 0.142 e. The fourth-order valence-electron chi connectivity index (χ4n) is 1.28. The highest BCUT2D eigenvalue weighted by Gasteiger charge is 2.47. The van der Waals surface area contributed by atoms with Gasteiger partial charge < -0.3 is 9.84 Å². The third kappa shape index (κ3) is 1.32. The normalized spacial score (nSPS) is 26.1.